The smallest absolute Gasteiger partial charge is 0.273 e. The standard InChI is InChI=1S/C18H19ClN2O4/c1-20(10-5-11-25-16-8-4-7-15(19)13-16)18(22)12-14-6-2-3-9-17(14)21(23)24/h2-4,6-9,13H,5,10-12H2,1H3. The summed E-state index contributed by atoms with van der Waals surface area (Å²) in [7, 11) is 1.68. The molecule has 0 unspecified atom stereocenters. The van der Waals surface area contributed by atoms with E-state index in [1.807, 2.05) is 6.07 Å². The van der Waals surface area contributed by atoms with Gasteiger partial charge in [0.2, 0.25) is 5.91 Å². The first-order chi connectivity index (χ1) is 12.0. The number of carbonyl (C=O) groups excluding carboxylic acids is 1. The van der Waals surface area contributed by atoms with Crippen LogP contribution in [0.3, 0.4) is 0 Å². The first-order valence-electron chi connectivity index (χ1n) is 7.82. The quantitative estimate of drug-likeness (QED) is 0.407. The lowest BCUT2D eigenvalue weighted by atomic mass is 10.1. The van der Waals surface area contributed by atoms with Crippen molar-refractivity contribution < 1.29 is 14.5 Å². The maximum absolute atomic E-state index is 12.2. The third kappa shape index (κ3) is 5.76. The fraction of sp³-hybridized carbons (Fsp3) is 0.278. The molecule has 7 heteroatoms. The van der Waals surface area contributed by atoms with Crippen LogP contribution < -0.4 is 4.74 Å². The second-order valence-electron chi connectivity index (χ2n) is 5.54. The Balaban J connectivity index is 1.80. The van der Waals surface area contributed by atoms with E-state index in [0.29, 0.717) is 35.9 Å². The molecule has 2 aromatic carbocycles. The molecule has 1 amide bonds. The van der Waals surface area contributed by atoms with Crippen LogP contribution in [0.5, 0.6) is 5.75 Å². The van der Waals surface area contributed by atoms with Gasteiger partial charge in [0, 0.05) is 30.2 Å². The van der Waals surface area contributed by atoms with Crippen molar-refractivity contribution in [3.8, 4) is 5.75 Å². The Hall–Kier alpha value is -2.60. The van der Waals surface area contributed by atoms with E-state index in [2.05, 4.69) is 0 Å². The molecule has 2 aromatic rings. The molecule has 0 aliphatic carbocycles. The predicted molar refractivity (Wildman–Crippen MR) is 96.0 cm³/mol. The van der Waals surface area contributed by atoms with Crippen LogP contribution in [0.4, 0.5) is 5.69 Å². The highest BCUT2D eigenvalue weighted by Crippen LogP contribution is 2.19. The molecule has 25 heavy (non-hydrogen) atoms. The molecule has 132 valence electrons. The van der Waals surface area contributed by atoms with Gasteiger partial charge in [-0.05, 0) is 24.6 Å². The minimum absolute atomic E-state index is 0.00278. The lowest BCUT2D eigenvalue weighted by Gasteiger charge is -2.17. The first-order valence-corrected chi connectivity index (χ1v) is 8.20. The molecule has 0 radical (unpaired) electrons. The minimum atomic E-state index is -0.471. The van der Waals surface area contributed by atoms with E-state index in [4.69, 9.17) is 16.3 Å². The van der Waals surface area contributed by atoms with Crippen LogP contribution in [-0.2, 0) is 11.2 Å². The molecule has 0 saturated carbocycles. The van der Waals surface area contributed by atoms with E-state index in [1.54, 1.807) is 48.3 Å². The zero-order valence-corrected chi connectivity index (χ0v) is 14.6. The third-order valence-electron chi connectivity index (χ3n) is 3.66. The number of hydrogen-bond acceptors (Lipinski definition) is 4. The summed E-state index contributed by atoms with van der Waals surface area (Å²) in [6.07, 6.45) is 0.647. The molecule has 0 saturated heterocycles. The van der Waals surface area contributed by atoms with Crippen molar-refractivity contribution in [2.75, 3.05) is 20.2 Å². The van der Waals surface area contributed by atoms with Gasteiger partial charge in [0.05, 0.1) is 18.0 Å². The number of rotatable bonds is 8. The largest absolute Gasteiger partial charge is 0.493 e. The lowest BCUT2D eigenvalue weighted by molar-refractivity contribution is -0.385. The number of benzene rings is 2. The van der Waals surface area contributed by atoms with Crippen LogP contribution in [0, 0.1) is 10.1 Å². The average molecular weight is 363 g/mol. The molecule has 0 atom stereocenters. The fourth-order valence-electron chi connectivity index (χ4n) is 2.31. The Labute approximate surface area is 151 Å². The van der Waals surface area contributed by atoms with E-state index in [-0.39, 0.29) is 18.0 Å². The van der Waals surface area contributed by atoms with Crippen molar-refractivity contribution >= 4 is 23.2 Å². The summed E-state index contributed by atoms with van der Waals surface area (Å²) >= 11 is 5.88. The number of nitrogens with zero attached hydrogens (tertiary/aromatic N) is 2. The van der Waals surface area contributed by atoms with Crippen LogP contribution in [-0.4, -0.2) is 35.9 Å². The molecule has 0 fully saturated rings. The van der Waals surface area contributed by atoms with Crippen LogP contribution in [0.1, 0.15) is 12.0 Å². The molecule has 0 aromatic heterocycles. The van der Waals surface area contributed by atoms with Gasteiger partial charge < -0.3 is 9.64 Å². The van der Waals surface area contributed by atoms with E-state index in [9.17, 15) is 14.9 Å². The maximum Gasteiger partial charge on any atom is 0.273 e. The Bertz CT molecular complexity index is 751. The molecule has 0 N–H and O–H groups in total. The highest BCUT2D eigenvalue weighted by atomic mass is 35.5. The molecule has 0 spiro atoms. The fourth-order valence-corrected chi connectivity index (χ4v) is 2.49. The van der Waals surface area contributed by atoms with Crippen LogP contribution in [0.2, 0.25) is 5.02 Å². The highest BCUT2D eigenvalue weighted by Gasteiger charge is 2.17. The molecule has 6 nitrogen and oxygen atoms in total. The Morgan fingerprint density at radius 2 is 2.00 bits per heavy atom. The number of hydrogen-bond donors (Lipinski definition) is 0. The molecule has 0 aliphatic heterocycles. The monoisotopic (exact) mass is 362 g/mol. The van der Waals surface area contributed by atoms with Crippen LogP contribution >= 0.6 is 11.6 Å². The van der Waals surface area contributed by atoms with Gasteiger partial charge in [-0.25, -0.2) is 0 Å². The highest BCUT2D eigenvalue weighted by molar-refractivity contribution is 6.30. The van der Waals surface area contributed by atoms with E-state index in [1.165, 1.54) is 6.07 Å². The number of para-hydroxylation sites is 1. The zero-order chi connectivity index (χ0) is 18.2. The number of likely N-dealkylation sites (N-methyl/N-ethyl adjacent to an activating group) is 1. The van der Waals surface area contributed by atoms with Gasteiger partial charge in [-0.15, -0.1) is 0 Å². The average Bonchev–Trinajstić information content (AvgIpc) is 2.59. The topological polar surface area (TPSA) is 72.7 Å². The lowest BCUT2D eigenvalue weighted by Crippen LogP contribution is -2.30. The number of nitro groups is 1. The number of carbonyl (C=O) groups is 1. The molecule has 2 rings (SSSR count). The number of halogens is 1. The van der Waals surface area contributed by atoms with Gasteiger partial charge in [0.1, 0.15) is 5.75 Å². The molecule has 0 bridgehead atoms. The van der Waals surface area contributed by atoms with Crippen molar-refractivity contribution in [1.82, 2.24) is 4.90 Å². The maximum atomic E-state index is 12.2. The van der Waals surface area contributed by atoms with Gasteiger partial charge in [-0.1, -0.05) is 35.9 Å². The molecular weight excluding hydrogens is 344 g/mol. The van der Waals surface area contributed by atoms with Gasteiger partial charge in [-0.2, -0.15) is 0 Å². The Morgan fingerprint density at radius 1 is 1.24 bits per heavy atom. The van der Waals surface area contributed by atoms with E-state index >= 15 is 0 Å². The first kappa shape index (κ1) is 18.7. The Kier molecular flexibility index (Phi) is 6.77. The van der Waals surface area contributed by atoms with E-state index < -0.39 is 4.92 Å². The summed E-state index contributed by atoms with van der Waals surface area (Å²) in [5.41, 5.74) is 0.382. The van der Waals surface area contributed by atoms with Crippen LogP contribution in [0.15, 0.2) is 48.5 Å². The Morgan fingerprint density at radius 3 is 2.72 bits per heavy atom. The third-order valence-corrected chi connectivity index (χ3v) is 3.89. The molecule has 0 aliphatic rings. The van der Waals surface area contributed by atoms with Gasteiger partial charge in [0.25, 0.3) is 5.69 Å². The number of nitro benzene ring substituents is 1. The second-order valence-corrected chi connectivity index (χ2v) is 5.97. The summed E-state index contributed by atoms with van der Waals surface area (Å²) in [5.74, 6) is 0.512. The summed E-state index contributed by atoms with van der Waals surface area (Å²) in [6.45, 7) is 0.948. The summed E-state index contributed by atoms with van der Waals surface area (Å²) in [4.78, 5) is 24.3. The second kappa shape index (κ2) is 9.03. The minimum Gasteiger partial charge on any atom is -0.493 e. The van der Waals surface area contributed by atoms with Gasteiger partial charge in [-0.3, -0.25) is 14.9 Å². The van der Waals surface area contributed by atoms with Crippen molar-refractivity contribution in [2.24, 2.45) is 0 Å². The number of ether oxygens (including phenoxy) is 1. The van der Waals surface area contributed by atoms with Crippen LogP contribution in [0.25, 0.3) is 0 Å². The van der Waals surface area contributed by atoms with Crippen molar-refractivity contribution in [1.29, 1.82) is 0 Å². The van der Waals surface area contributed by atoms with Crippen molar-refractivity contribution in [3.05, 3.63) is 69.2 Å². The van der Waals surface area contributed by atoms with E-state index in [0.717, 1.165) is 0 Å². The van der Waals surface area contributed by atoms with Crippen molar-refractivity contribution in [3.63, 3.8) is 0 Å². The predicted octanol–water partition coefficient (Wildman–Crippen LogP) is 3.72. The van der Waals surface area contributed by atoms with Gasteiger partial charge in [0.15, 0.2) is 0 Å². The molecular formula is C18H19ClN2O4. The zero-order valence-electron chi connectivity index (χ0n) is 13.9. The normalized spacial score (nSPS) is 10.3. The molecule has 0 heterocycles. The summed E-state index contributed by atoms with van der Waals surface area (Å²) in [5, 5.41) is 11.6. The SMILES string of the molecule is CN(CCCOc1cccc(Cl)c1)C(=O)Cc1ccccc1[N+](=O)[O-]. The summed E-state index contributed by atoms with van der Waals surface area (Å²) < 4.78 is 5.57. The number of amides is 1. The van der Waals surface area contributed by atoms with Gasteiger partial charge >= 0.3 is 0 Å². The summed E-state index contributed by atoms with van der Waals surface area (Å²) in [6, 6.07) is 13.4. The van der Waals surface area contributed by atoms with Crippen molar-refractivity contribution in [2.45, 2.75) is 12.8 Å².